The molecule has 0 radical (unpaired) electrons. The molecule has 5 unspecified atom stereocenters. The van der Waals surface area contributed by atoms with Crippen LogP contribution in [0.15, 0.2) is 60.8 Å². The fourth-order valence-electron chi connectivity index (χ4n) is 4.64. The van der Waals surface area contributed by atoms with Gasteiger partial charge in [0.25, 0.3) is 0 Å². The molecule has 0 saturated carbocycles. The molecule has 0 saturated heterocycles. The van der Waals surface area contributed by atoms with E-state index in [9.17, 15) is 29.4 Å². The zero-order valence-electron chi connectivity index (χ0n) is 23.6. The molecule has 3 aromatic rings. The quantitative estimate of drug-likeness (QED) is 0.110. The Morgan fingerprint density at radius 1 is 0.857 bits per heavy atom. The summed E-state index contributed by atoms with van der Waals surface area (Å²) in [5.74, 6) is -3.41. The van der Waals surface area contributed by atoms with E-state index >= 15 is 0 Å². The smallest absolute Gasteiger partial charge is 0.326 e. The van der Waals surface area contributed by atoms with Crippen molar-refractivity contribution in [3.63, 3.8) is 0 Å². The number of hydrogen-bond acceptors (Lipinski definition) is 7. The van der Waals surface area contributed by atoms with E-state index in [0.717, 1.165) is 22.0 Å². The third-order valence-electron chi connectivity index (χ3n) is 6.99. The maximum absolute atomic E-state index is 13.6. The number of benzene rings is 2. The molecular formula is C30H40N6O6. The molecule has 0 bridgehead atoms. The number of aromatic amines is 1. The van der Waals surface area contributed by atoms with Crippen LogP contribution in [0.4, 0.5) is 0 Å². The average Bonchev–Trinajstić information content (AvgIpc) is 3.37. The van der Waals surface area contributed by atoms with Crippen molar-refractivity contribution in [2.45, 2.75) is 69.3 Å². The highest BCUT2D eigenvalue weighted by Gasteiger charge is 2.33. The Kier molecular flexibility index (Phi) is 12.0. The number of carbonyl (C=O) groups excluding carboxylic acids is 3. The van der Waals surface area contributed by atoms with E-state index < -0.39 is 54.0 Å². The molecule has 12 nitrogen and oxygen atoms in total. The molecule has 42 heavy (non-hydrogen) atoms. The Morgan fingerprint density at radius 2 is 1.52 bits per heavy atom. The topological polar surface area (TPSA) is 213 Å². The molecule has 0 fully saturated rings. The Labute approximate surface area is 244 Å². The van der Waals surface area contributed by atoms with E-state index in [1.54, 1.807) is 6.20 Å². The number of aliphatic hydroxyl groups is 1. The lowest BCUT2D eigenvalue weighted by molar-refractivity contribution is -0.143. The highest BCUT2D eigenvalue weighted by molar-refractivity contribution is 5.95. The van der Waals surface area contributed by atoms with Crippen molar-refractivity contribution in [1.82, 2.24) is 20.9 Å². The fourth-order valence-corrected chi connectivity index (χ4v) is 4.64. The maximum atomic E-state index is 13.6. The van der Waals surface area contributed by atoms with Crippen molar-refractivity contribution in [1.29, 1.82) is 0 Å². The number of nitrogens with one attached hydrogen (secondary N) is 4. The van der Waals surface area contributed by atoms with Crippen LogP contribution in [-0.2, 0) is 32.0 Å². The number of unbranched alkanes of at least 4 members (excludes halogenated alkanes) is 1. The molecule has 3 amide bonds. The van der Waals surface area contributed by atoms with Crippen molar-refractivity contribution in [2.24, 2.45) is 11.5 Å². The Bertz CT molecular complexity index is 1340. The summed E-state index contributed by atoms with van der Waals surface area (Å²) in [6.45, 7) is 1.68. The monoisotopic (exact) mass is 580 g/mol. The standard InChI is InChI=1S/C30H40N6O6/c1-18(37)26(29(40)34-24(30(41)42)13-7-8-14-31)36-28(39)25(16-20-17-33-23-12-6-5-11-21(20)23)35-27(38)22(32)15-19-9-3-2-4-10-19/h2-6,9-12,17-18,22,24-26,33,37H,7-8,13-16,31-32H2,1H3,(H,34,40)(H,35,38)(H,36,39)(H,41,42). The third kappa shape index (κ3) is 9.13. The summed E-state index contributed by atoms with van der Waals surface area (Å²) < 4.78 is 0. The summed E-state index contributed by atoms with van der Waals surface area (Å²) >= 11 is 0. The molecule has 0 aliphatic rings. The largest absolute Gasteiger partial charge is 0.480 e. The van der Waals surface area contributed by atoms with Gasteiger partial charge in [-0.2, -0.15) is 0 Å². The lowest BCUT2D eigenvalue weighted by atomic mass is 10.0. The number of aliphatic hydroxyl groups excluding tert-OH is 1. The van der Waals surface area contributed by atoms with Gasteiger partial charge in [0.1, 0.15) is 18.1 Å². The number of para-hydroxylation sites is 1. The molecular weight excluding hydrogens is 540 g/mol. The van der Waals surface area contributed by atoms with E-state index in [0.29, 0.717) is 19.4 Å². The summed E-state index contributed by atoms with van der Waals surface area (Å²) in [5.41, 5.74) is 14.1. The number of nitrogens with two attached hydrogens (primary N) is 2. The first kappa shape index (κ1) is 32.3. The summed E-state index contributed by atoms with van der Waals surface area (Å²) in [6, 6.07) is 11.9. The lowest BCUT2D eigenvalue weighted by Gasteiger charge is -2.26. The van der Waals surface area contributed by atoms with E-state index in [1.165, 1.54) is 6.92 Å². The van der Waals surface area contributed by atoms with Gasteiger partial charge in [-0.1, -0.05) is 48.5 Å². The number of fused-ring (bicyclic) bond motifs is 1. The lowest BCUT2D eigenvalue weighted by Crippen LogP contribution is -2.60. The Balaban J connectivity index is 1.79. The van der Waals surface area contributed by atoms with Gasteiger partial charge in [-0.15, -0.1) is 0 Å². The van der Waals surface area contributed by atoms with Gasteiger partial charge in [-0.3, -0.25) is 14.4 Å². The predicted molar refractivity (Wildman–Crippen MR) is 158 cm³/mol. The minimum absolute atomic E-state index is 0.0602. The molecule has 1 aromatic heterocycles. The van der Waals surface area contributed by atoms with E-state index in [1.807, 2.05) is 54.6 Å². The number of carboxylic acid groups (broad SMARTS) is 1. The molecule has 12 heteroatoms. The van der Waals surface area contributed by atoms with Gasteiger partial charge < -0.3 is 42.6 Å². The van der Waals surface area contributed by atoms with Crippen LogP contribution in [0.2, 0.25) is 0 Å². The number of rotatable bonds is 16. The molecule has 0 spiro atoms. The minimum atomic E-state index is -1.48. The summed E-state index contributed by atoms with van der Waals surface area (Å²) in [5, 5.41) is 28.4. The van der Waals surface area contributed by atoms with Gasteiger partial charge in [-0.05, 0) is 56.3 Å². The second kappa shape index (κ2) is 15.7. The number of hydrogen-bond donors (Lipinski definition) is 8. The van der Waals surface area contributed by atoms with Crippen LogP contribution in [0.25, 0.3) is 10.9 Å². The first-order chi connectivity index (χ1) is 20.1. The van der Waals surface area contributed by atoms with Gasteiger partial charge in [0.2, 0.25) is 17.7 Å². The predicted octanol–water partition coefficient (Wildman–Crippen LogP) is 0.329. The SMILES string of the molecule is CC(O)C(NC(=O)C(Cc1c[nH]c2ccccc12)NC(=O)C(N)Cc1ccccc1)C(=O)NC(CCCCN)C(=O)O. The normalized spacial score (nSPS) is 14.8. The van der Waals surface area contributed by atoms with Crippen molar-refractivity contribution < 1.29 is 29.4 Å². The third-order valence-corrected chi connectivity index (χ3v) is 6.99. The van der Waals surface area contributed by atoms with Crippen molar-refractivity contribution in [3.8, 4) is 0 Å². The van der Waals surface area contributed by atoms with Crippen LogP contribution in [0.1, 0.15) is 37.3 Å². The first-order valence-electron chi connectivity index (χ1n) is 14.0. The van der Waals surface area contributed by atoms with Crippen molar-refractivity contribution in [3.05, 3.63) is 71.9 Å². The highest BCUT2D eigenvalue weighted by Crippen LogP contribution is 2.19. The fraction of sp³-hybridized carbons (Fsp3) is 0.400. The van der Waals surface area contributed by atoms with Gasteiger partial charge in [-0.25, -0.2) is 4.79 Å². The molecule has 0 aliphatic carbocycles. The Morgan fingerprint density at radius 3 is 2.19 bits per heavy atom. The average molecular weight is 581 g/mol. The second-order valence-corrected chi connectivity index (χ2v) is 10.3. The zero-order chi connectivity index (χ0) is 30.6. The number of carboxylic acids is 1. The number of amides is 3. The highest BCUT2D eigenvalue weighted by atomic mass is 16.4. The van der Waals surface area contributed by atoms with Crippen molar-refractivity contribution in [2.75, 3.05) is 6.54 Å². The Hall–Kier alpha value is -4.26. The summed E-state index contributed by atoms with van der Waals surface area (Å²) in [6.07, 6.45) is 1.87. The summed E-state index contributed by atoms with van der Waals surface area (Å²) in [4.78, 5) is 54.6. The van der Waals surface area contributed by atoms with Crippen LogP contribution in [0, 0.1) is 0 Å². The van der Waals surface area contributed by atoms with Crippen LogP contribution >= 0.6 is 0 Å². The van der Waals surface area contributed by atoms with Gasteiger partial charge in [0.15, 0.2) is 0 Å². The molecule has 226 valence electrons. The second-order valence-electron chi connectivity index (χ2n) is 10.3. The maximum Gasteiger partial charge on any atom is 0.326 e. The van der Waals surface area contributed by atoms with Crippen LogP contribution < -0.4 is 27.4 Å². The van der Waals surface area contributed by atoms with Crippen LogP contribution in [-0.4, -0.2) is 75.7 Å². The van der Waals surface area contributed by atoms with Gasteiger partial charge >= 0.3 is 5.97 Å². The van der Waals surface area contributed by atoms with Gasteiger partial charge in [0.05, 0.1) is 12.1 Å². The van der Waals surface area contributed by atoms with Crippen LogP contribution in [0.5, 0.6) is 0 Å². The summed E-state index contributed by atoms with van der Waals surface area (Å²) in [7, 11) is 0. The molecule has 2 aromatic carbocycles. The minimum Gasteiger partial charge on any atom is -0.480 e. The zero-order valence-corrected chi connectivity index (χ0v) is 23.6. The van der Waals surface area contributed by atoms with Crippen molar-refractivity contribution >= 4 is 34.6 Å². The number of carbonyl (C=O) groups is 4. The number of aliphatic carboxylic acids is 1. The molecule has 1 heterocycles. The van der Waals surface area contributed by atoms with E-state index in [4.69, 9.17) is 11.5 Å². The number of aromatic nitrogens is 1. The molecule has 10 N–H and O–H groups in total. The number of H-pyrrole nitrogens is 1. The van der Waals surface area contributed by atoms with E-state index in [2.05, 4.69) is 20.9 Å². The van der Waals surface area contributed by atoms with Crippen LogP contribution in [0.3, 0.4) is 0 Å². The van der Waals surface area contributed by atoms with E-state index in [-0.39, 0.29) is 19.3 Å². The molecule has 5 atom stereocenters. The van der Waals surface area contributed by atoms with Gasteiger partial charge in [0, 0.05) is 23.5 Å². The first-order valence-corrected chi connectivity index (χ1v) is 14.0. The molecule has 0 aliphatic heterocycles. The molecule has 3 rings (SSSR count).